The van der Waals surface area contributed by atoms with Gasteiger partial charge in [-0.25, -0.2) is 0 Å². The molecule has 1 aliphatic rings. The Morgan fingerprint density at radius 2 is 2.46 bits per heavy atom. The molecule has 1 amide bonds. The number of amides is 1. The van der Waals surface area contributed by atoms with Gasteiger partial charge in [0.2, 0.25) is 5.91 Å². The Balaban J connectivity index is 2.34. The van der Waals surface area contributed by atoms with Crippen LogP contribution in [0.3, 0.4) is 0 Å². The maximum absolute atomic E-state index is 11.6. The number of hydrogen-bond donors (Lipinski definition) is 2. The molecule has 0 spiro atoms. The molecule has 0 aromatic heterocycles. The summed E-state index contributed by atoms with van der Waals surface area (Å²) in [6, 6.07) is 0.0957. The Kier molecular flexibility index (Phi) is 3.96. The number of allylic oxidation sites excluding steroid dienone is 2. The van der Waals surface area contributed by atoms with Gasteiger partial charge in [0.25, 0.3) is 0 Å². The monoisotopic (exact) mass is 182 g/mol. The van der Waals surface area contributed by atoms with Crippen LogP contribution in [0.2, 0.25) is 0 Å². The van der Waals surface area contributed by atoms with E-state index in [0.29, 0.717) is 6.54 Å². The van der Waals surface area contributed by atoms with Crippen molar-refractivity contribution < 1.29 is 4.79 Å². The summed E-state index contributed by atoms with van der Waals surface area (Å²) < 4.78 is 0. The molecule has 0 aromatic carbocycles. The Hall–Kier alpha value is -0.830. The van der Waals surface area contributed by atoms with Crippen LogP contribution in [0, 0.1) is 5.92 Å². The summed E-state index contributed by atoms with van der Waals surface area (Å²) in [4.78, 5) is 11.6. The van der Waals surface area contributed by atoms with Gasteiger partial charge in [0.15, 0.2) is 0 Å². The molecule has 0 aliphatic heterocycles. The zero-order valence-electron chi connectivity index (χ0n) is 8.12. The number of carbonyl (C=O) groups excluding carboxylic acids is 1. The van der Waals surface area contributed by atoms with Gasteiger partial charge in [-0.2, -0.15) is 0 Å². The Morgan fingerprint density at radius 1 is 1.69 bits per heavy atom. The molecular formula is C10H18N2O. The van der Waals surface area contributed by atoms with Crippen LogP contribution in [0.4, 0.5) is 0 Å². The van der Waals surface area contributed by atoms with Crippen LogP contribution in [0.5, 0.6) is 0 Å². The third-order valence-corrected chi connectivity index (χ3v) is 2.38. The molecule has 0 heterocycles. The number of nitrogens with two attached hydrogens (primary N) is 1. The third kappa shape index (κ3) is 3.19. The minimum absolute atomic E-state index is 0.0957. The van der Waals surface area contributed by atoms with Crippen molar-refractivity contribution in [3.05, 3.63) is 12.2 Å². The second kappa shape index (κ2) is 5.02. The summed E-state index contributed by atoms with van der Waals surface area (Å²) in [5, 5.41) is 2.90. The van der Waals surface area contributed by atoms with Gasteiger partial charge in [0.1, 0.15) is 0 Å². The molecule has 0 radical (unpaired) electrons. The largest absolute Gasteiger partial charge is 0.352 e. The Bertz CT molecular complexity index is 201. The lowest BCUT2D eigenvalue weighted by Gasteiger charge is -2.19. The maximum Gasteiger partial charge on any atom is 0.223 e. The van der Waals surface area contributed by atoms with Crippen LogP contribution in [0.1, 0.15) is 26.2 Å². The highest BCUT2D eigenvalue weighted by atomic mass is 16.1. The highest BCUT2D eigenvalue weighted by Gasteiger charge is 2.19. The summed E-state index contributed by atoms with van der Waals surface area (Å²) >= 11 is 0. The molecule has 13 heavy (non-hydrogen) atoms. The molecule has 0 saturated carbocycles. The van der Waals surface area contributed by atoms with Gasteiger partial charge < -0.3 is 11.1 Å². The van der Waals surface area contributed by atoms with E-state index in [1.54, 1.807) is 0 Å². The van der Waals surface area contributed by atoms with Gasteiger partial charge in [-0.3, -0.25) is 4.79 Å². The highest BCUT2D eigenvalue weighted by molar-refractivity contribution is 5.79. The Labute approximate surface area is 79.4 Å². The van der Waals surface area contributed by atoms with Crippen molar-refractivity contribution in [2.45, 2.75) is 32.2 Å². The first-order valence-electron chi connectivity index (χ1n) is 4.89. The first-order valence-corrected chi connectivity index (χ1v) is 4.89. The fourth-order valence-corrected chi connectivity index (χ4v) is 1.45. The predicted molar refractivity (Wildman–Crippen MR) is 53.1 cm³/mol. The summed E-state index contributed by atoms with van der Waals surface area (Å²) in [6.45, 7) is 2.44. The lowest BCUT2D eigenvalue weighted by Crippen LogP contribution is -2.41. The second-order valence-electron chi connectivity index (χ2n) is 3.63. The minimum atomic E-state index is 0.0957. The molecule has 3 heteroatoms. The molecule has 3 N–H and O–H groups in total. The molecule has 1 rings (SSSR count). The zero-order chi connectivity index (χ0) is 9.68. The van der Waals surface area contributed by atoms with E-state index in [9.17, 15) is 4.79 Å². The van der Waals surface area contributed by atoms with Crippen molar-refractivity contribution in [2.75, 3.05) is 6.54 Å². The van der Waals surface area contributed by atoms with E-state index in [-0.39, 0.29) is 17.9 Å². The molecule has 2 unspecified atom stereocenters. The lowest BCUT2D eigenvalue weighted by atomic mass is 9.93. The van der Waals surface area contributed by atoms with Crippen molar-refractivity contribution in [1.82, 2.24) is 5.32 Å². The average Bonchev–Trinajstić information content (AvgIpc) is 2.19. The summed E-state index contributed by atoms with van der Waals surface area (Å²) in [5.74, 6) is 0.321. The third-order valence-electron chi connectivity index (χ3n) is 2.38. The molecule has 0 fully saturated rings. The summed E-state index contributed by atoms with van der Waals surface area (Å²) in [6.07, 6.45) is 7.09. The minimum Gasteiger partial charge on any atom is -0.352 e. The van der Waals surface area contributed by atoms with Gasteiger partial charge in [0, 0.05) is 18.5 Å². The SMILES string of the molecule is CC(CN)NC(=O)C1CC=CCC1. The van der Waals surface area contributed by atoms with Crippen molar-refractivity contribution in [3.63, 3.8) is 0 Å². The van der Waals surface area contributed by atoms with E-state index in [1.165, 1.54) is 0 Å². The van der Waals surface area contributed by atoms with Crippen LogP contribution in [-0.2, 0) is 4.79 Å². The van der Waals surface area contributed by atoms with Crippen LogP contribution in [0.25, 0.3) is 0 Å². The summed E-state index contributed by atoms with van der Waals surface area (Å²) in [7, 11) is 0. The van der Waals surface area contributed by atoms with Gasteiger partial charge in [-0.1, -0.05) is 12.2 Å². The van der Waals surface area contributed by atoms with Gasteiger partial charge in [-0.15, -0.1) is 0 Å². The maximum atomic E-state index is 11.6. The number of rotatable bonds is 3. The highest BCUT2D eigenvalue weighted by Crippen LogP contribution is 2.17. The van der Waals surface area contributed by atoms with Crippen LogP contribution in [-0.4, -0.2) is 18.5 Å². The summed E-state index contributed by atoms with van der Waals surface area (Å²) in [5.41, 5.74) is 5.42. The first kappa shape index (κ1) is 10.3. The predicted octanol–water partition coefficient (Wildman–Crippen LogP) is 0.806. The fraction of sp³-hybridized carbons (Fsp3) is 0.700. The molecular weight excluding hydrogens is 164 g/mol. The zero-order valence-corrected chi connectivity index (χ0v) is 8.12. The standard InChI is InChI=1S/C10H18N2O/c1-8(7-11)12-10(13)9-5-3-2-4-6-9/h2-3,8-9H,4-7,11H2,1H3,(H,12,13). The second-order valence-corrected chi connectivity index (χ2v) is 3.63. The lowest BCUT2D eigenvalue weighted by molar-refractivity contribution is -0.125. The van der Waals surface area contributed by atoms with E-state index >= 15 is 0 Å². The average molecular weight is 182 g/mol. The van der Waals surface area contributed by atoms with Crippen molar-refractivity contribution in [2.24, 2.45) is 11.7 Å². The van der Waals surface area contributed by atoms with Crippen molar-refractivity contribution in [3.8, 4) is 0 Å². The number of hydrogen-bond acceptors (Lipinski definition) is 2. The molecule has 0 aromatic rings. The van der Waals surface area contributed by atoms with Gasteiger partial charge in [0.05, 0.1) is 0 Å². The fourth-order valence-electron chi connectivity index (χ4n) is 1.45. The van der Waals surface area contributed by atoms with Gasteiger partial charge in [-0.05, 0) is 26.2 Å². The van der Waals surface area contributed by atoms with Gasteiger partial charge >= 0.3 is 0 Å². The van der Waals surface area contributed by atoms with Crippen LogP contribution < -0.4 is 11.1 Å². The quantitative estimate of drug-likeness (QED) is 0.634. The van der Waals surface area contributed by atoms with E-state index in [2.05, 4.69) is 17.5 Å². The molecule has 1 aliphatic carbocycles. The molecule has 3 nitrogen and oxygen atoms in total. The molecule has 2 atom stereocenters. The normalized spacial score (nSPS) is 24.0. The Morgan fingerprint density at radius 3 is 3.00 bits per heavy atom. The topological polar surface area (TPSA) is 55.1 Å². The molecule has 0 saturated heterocycles. The first-order chi connectivity index (χ1) is 6.24. The molecule has 74 valence electrons. The number of carbonyl (C=O) groups is 1. The van der Waals surface area contributed by atoms with Crippen molar-refractivity contribution >= 4 is 5.91 Å². The molecule has 0 bridgehead atoms. The number of nitrogens with one attached hydrogen (secondary N) is 1. The van der Waals surface area contributed by atoms with E-state index in [1.807, 2.05) is 6.92 Å². The van der Waals surface area contributed by atoms with E-state index < -0.39 is 0 Å². The smallest absolute Gasteiger partial charge is 0.223 e. The van der Waals surface area contributed by atoms with E-state index in [0.717, 1.165) is 19.3 Å². The van der Waals surface area contributed by atoms with Crippen molar-refractivity contribution in [1.29, 1.82) is 0 Å². The van der Waals surface area contributed by atoms with Crippen LogP contribution >= 0.6 is 0 Å². The van der Waals surface area contributed by atoms with Crippen LogP contribution in [0.15, 0.2) is 12.2 Å². The van der Waals surface area contributed by atoms with E-state index in [4.69, 9.17) is 5.73 Å².